The SMILES string of the molecule is COc1ccc2c(c1)c(CCNC(=O)CCCCCNC(=O)c1ccc(C(=O)O)c(-c3c4ccc(=O)cc-4oc4cc(O)ccc34)c1)c(C)n2C(=O)c1ccc(Br)cc1. The number of benzene rings is 5. The van der Waals surface area contributed by atoms with Gasteiger partial charge in [0.2, 0.25) is 5.91 Å². The number of rotatable bonds is 14. The van der Waals surface area contributed by atoms with Crippen molar-refractivity contribution in [2.24, 2.45) is 0 Å². The number of halogens is 1. The van der Waals surface area contributed by atoms with E-state index in [-0.39, 0.29) is 51.0 Å². The summed E-state index contributed by atoms with van der Waals surface area (Å²) in [6.07, 6.45) is 2.72. The molecule has 1 aromatic heterocycles. The summed E-state index contributed by atoms with van der Waals surface area (Å²) in [5, 5.41) is 27.5. The van der Waals surface area contributed by atoms with Gasteiger partial charge in [0.25, 0.3) is 11.8 Å². The number of carboxylic acids is 1. The largest absolute Gasteiger partial charge is 0.508 e. The molecular weight excluding hydrogens is 818 g/mol. The number of amides is 2. The third-order valence-corrected chi connectivity index (χ3v) is 10.9. The van der Waals surface area contributed by atoms with Crippen molar-refractivity contribution >= 4 is 61.5 Å². The molecule has 2 amide bonds. The first kappa shape index (κ1) is 40.5. The van der Waals surface area contributed by atoms with Gasteiger partial charge in [-0.05, 0) is 122 Å². The van der Waals surface area contributed by atoms with E-state index in [9.17, 15) is 34.2 Å². The number of aromatic carboxylic acids is 1. The summed E-state index contributed by atoms with van der Waals surface area (Å²) in [6.45, 7) is 2.63. The third-order valence-electron chi connectivity index (χ3n) is 10.4. The lowest BCUT2D eigenvalue weighted by Gasteiger charge is -2.17. The zero-order chi connectivity index (χ0) is 41.8. The van der Waals surface area contributed by atoms with Crippen molar-refractivity contribution < 1.29 is 38.5 Å². The van der Waals surface area contributed by atoms with Gasteiger partial charge in [0.1, 0.15) is 22.8 Å². The number of methoxy groups -OCH3 is 1. The first-order valence-corrected chi connectivity index (χ1v) is 19.8. The normalized spacial score (nSPS) is 11.2. The van der Waals surface area contributed by atoms with Gasteiger partial charge in [-0.1, -0.05) is 22.4 Å². The summed E-state index contributed by atoms with van der Waals surface area (Å²) < 4.78 is 14.0. The summed E-state index contributed by atoms with van der Waals surface area (Å²) in [5.41, 5.74) is 4.35. The van der Waals surface area contributed by atoms with Crippen LogP contribution in [0.4, 0.5) is 0 Å². The number of unbranched alkanes of at least 4 members (excludes halogenated alkanes) is 2. The molecule has 0 unspecified atom stereocenters. The predicted molar refractivity (Wildman–Crippen MR) is 228 cm³/mol. The Bertz CT molecular complexity index is 2790. The van der Waals surface area contributed by atoms with Crippen molar-refractivity contribution in [2.75, 3.05) is 20.2 Å². The Morgan fingerprint density at radius 2 is 1.58 bits per heavy atom. The lowest BCUT2D eigenvalue weighted by Crippen LogP contribution is -2.26. The molecule has 4 N–H and O–H groups in total. The summed E-state index contributed by atoms with van der Waals surface area (Å²) in [5.74, 6) is -1.05. The van der Waals surface area contributed by atoms with Crippen LogP contribution < -0.4 is 20.8 Å². The molecule has 1 aliphatic carbocycles. The van der Waals surface area contributed by atoms with E-state index in [0.717, 1.165) is 26.6 Å². The van der Waals surface area contributed by atoms with Crippen LogP contribution in [0.3, 0.4) is 0 Å². The number of nitrogens with one attached hydrogen (secondary N) is 2. The van der Waals surface area contributed by atoms with Crippen LogP contribution in [-0.4, -0.2) is 58.7 Å². The van der Waals surface area contributed by atoms with Crippen LogP contribution in [0.15, 0.2) is 111 Å². The fraction of sp³-hybridized carbons (Fsp3) is 0.196. The number of carboxylic acid groups (broad SMARTS) is 1. The molecule has 0 bridgehead atoms. The summed E-state index contributed by atoms with van der Waals surface area (Å²) >= 11 is 3.42. The van der Waals surface area contributed by atoms with E-state index in [2.05, 4.69) is 26.6 Å². The molecule has 300 valence electrons. The van der Waals surface area contributed by atoms with Crippen LogP contribution in [0, 0.1) is 6.92 Å². The minimum atomic E-state index is -1.20. The number of hydrogen-bond acceptors (Lipinski definition) is 8. The van der Waals surface area contributed by atoms with Gasteiger partial charge < -0.3 is 30.0 Å². The average Bonchev–Trinajstić information content (AvgIpc) is 3.50. The molecule has 0 saturated heterocycles. The van der Waals surface area contributed by atoms with Gasteiger partial charge in [-0.15, -0.1) is 0 Å². The molecule has 2 aliphatic rings. The van der Waals surface area contributed by atoms with Crippen LogP contribution in [0.5, 0.6) is 11.5 Å². The van der Waals surface area contributed by atoms with E-state index in [1.807, 2.05) is 37.3 Å². The monoisotopic (exact) mass is 857 g/mol. The molecule has 5 aromatic rings. The van der Waals surface area contributed by atoms with Gasteiger partial charge >= 0.3 is 5.97 Å². The van der Waals surface area contributed by atoms with E-state index in [1.54, 1.807) is 35.9 Å². The molecular formula is C46H40BrN3O9. The maximum absolute atomic E-state index is 13.6. The number of aromatic hydroxyl groups is 1. The highest BCUT2D eigenvalue weighted by molar-refractivity contribution is 9.10. The van der Waals surface area contributed by atoms with E-state index in [4.69, 9.17) is 9.15 Å². The van der Waals surface area contributed by atoms with Gasteiger partial charge in [0.15, 0.2) is 5.43 Å². The van der Waals surface area contributed by atoms with Gasteiger partial charge in [0.05, 0.1) is 18.2 Å². The van der Waals surface area contributed by atoms with E-state index in [1.165, 1.54) is 42.5 Å². The average molecular weight is 859 g/mol. The first-order chi connectivity index (χ1) is 28.4. The summed E-state index contributed by atoms with van der Waals surface area (Å²) in [6, 6.07) is 25.8. The number of fused-ring (bicyclic) bond motifs is 3. The van der Waals surface area contributed by atoms with Crippen molar-refractivity contribution in [1.29, 1.82) is 0 Å². The van der Waals surface area contributed by atoms with Crippen LogP contribution in [-0.2, 0) is 11.2 Å². The maximum Gasteiger partial charge on any atom is 0.336 e. The number of aromatic nitrogens is 1. The van der Waals surface area contributed by atoms with E-state index < -0.39 is 11.9 Å². The first-order valence-electron chi connectivity index (χ1n) is 19.0. The van der Waals surface area contributed by atoms with Gasteiger partial charge in [-0.2, -0.15) is 0 Å². The Hall–Kier alpha value is -6.73. The Morgan fingerprint density at radius 1 is 0.797 bits per heavy atom. The highest BCUT2D eigenvalue weighted by Crippen LogP contribution is 2.42. The molecule has 0 fully saturated rings. The van der Waals surface area contributed by atoms with Gasteiger partial charge in [-0.3, -0.25) is 23.7 Å². The summed E-state index contributed by atoms with van der Waals surface area (Å²) in [4.78, 5) is 64.3. The fourth-order valence-corrected chi connectivity index (χ4v) is 7.69. The summed E-state index contributed by atoms with van der Waals surface area (Å²) in [7, 11) is 1.59. The zero-order valence-electron chi connectivity index (χ0n) is 32.3. The fourth-order valence-electron chi connectivity index (χ4n) is 7.42. The second-order valence-electron chi connectivity index (χ2n) is 14.1. The standard InChI is InChI=1S/C46H40BrN3O9/c1-26-33(37-25-32(58-2)14-18-39(37)50(26)45(55)27-7-10-29(47)11-8-27)19-21-48-42(53)6-4-3-5-20-49-44(54)28-9-15-34(46(56)57)38(22-28)43-35-16-12-30(51)23-40(35)59-41-24-31(52)13-17-36(41)43/h7-18,22-25,51H,3-6,19-21H2,1-2H3,(H,48,53)(H,49,54)(H,56,57). The number of phenolic OH excluding ortho intramolecular Hbond substituents is 1. The molecule has 59 heavy (non-hydrogen) atoms. The molecule has 7 rings (SSSR count). The van der Waals surface area contributed by atoms with Gasteiger partial charge in [0, 0.05) is 74.8 Å². The number of carbonyl (C=O) groups excluding carboxylic acids is 3. The maximum atomic E-state index is 13.6. The smallest absolute Gasteiger partial charge is 0.336 e. The molecule has 13 heteroatoms. The molecule has 1 aliphatic heterocycles. The van der Waals surface area contributed by atoms with Crippen LogP contribution in [0.25, 0.3) is 44.3 Å². The Balaban J connectivity index is 0.947. The highest BCUT2D eigenvalue weighted by Gasteiger charge is 2.24. The van der Waals surface area contributed by atoms with Crippen molar-refractivity contribution in [2.45, 2.75) is 39.0 Å². The molecule has 0 saturated carbocycles. The minimum Gasteiger partial charge on any atom is -0.508 e. The number of nitrogens with zero attached hydrogens (tertiary/aromatic N) is 1. The van der Waals surface area contributed by atoms with Crippen molar-refractivity contribution in [1.82, 2.24) is 15.2 Å². The third kappa shape index (κ3) is 8.60. The molecule has 12 nitrogen and oxygen atoms in total. The number of hydrogen-bond donors (Lipinski definition) is 4. The molecule has 2 heterocycles. The van der Waals surface area contributed by atoms with Crippen LogP contribution in [0.1, 0.15) is 68.0 Å². The molecule has 4 aromatic carbocycles. The number of ether oxygens (including phenoxy) is 1. The van der Waals surface area contributed by atoms with Gasteiger partial charge in [-0.25, -0.2) is 4.79 Å². The van der Waals surface area contributed by atoms with E-state index in [0.29, 0.717) is 73.0 Å². The number of phenols is 1. The van der Waals surface area contributed by atoms with E-state index >= 15 is 0 Å². The van der Waals surface area contributed by atoms with Crippen LogP contribution >= 0.6 is 15.9 Å². The highest BCUT2D eigenvalue weighted by atomic mass is 79.9. The Morgan fingerprint density at radius 3 is 2.34 bits per heavy atom. The predicted octanol–water partition coefficient (Wildman–Crippen LogP) is 8.34. The second kappa shape index (κ2) is 17.4. The molecule has 0 atom stereocenters. The number of carbonyl (C=O) groups is 4. The Kier molecular flexibility index (Phi) is 11.9. The Labute approximate surface area is 346 Å². The zero-order valence-corrected chi connectivity index (χ0v) is 33.9. The van der Waals surface area contributed by atoms with Crippen molar-refractivity contribution in [3.05, 3.63) is 140 Å². The molecule has 0 spiro atoms. The van der Waals surface area contributed by atoms with Crippen LogP contribution in [0.2, 0.25) is 0 Å². The lowest BCUT2D eigenvalue weighted by molar-refractivity contribution is -0.121. The van der Waals surface area contributed by atoms with Crippen molar-refractivity contribution in [3.8, 4) is 33.9 Å². The molecule has 0 radical (unpaired) electrons. The quantitative estimate of drug-likeness (QED) is 0.0619. The van der Waals surface area contributed by atoms with Crippen molar-refractivity contribution in [3.63, 3.8) is 0 Å². The lowest BCUT2D eigenvalue weighted by atomic mass is 9.89. The minimum absolute atomic E-state index is 0.0539. The topological polar surface area (TPSA) is 177 Å². The second-order valence-corrected chi connectivity index (χ2v) is 15.1.